The first-order chi connectivity index (χ1) is 11.0. The van der Waals surface area contributed by atoms with Gasteiger partial charge >= 0.3 is 0 Å². The van der Waals surface area contributed by atoms with Crippen LogP contribution >= 0.6 is 0 Å². The molecule has 3 nitrogen and oxygen atoms in total. The SMILES string of the molecule is CCc1cccc(C)c1NCCC(=O)Nc1cc(C)cc(C)c1. The van der Waals surface area contributed by atoms with Crippen molar-refractivity contribution in [2.24, 2.45) is 0 Å². The maximum absolute atomic E-state index is 12.1. The predicted molar refractivity (Wildman–Crippen MR) is 98.2 cm³/mol. The molecule has 0 heterocycles. The molecule has 0 saturated heterocycles. The smallest absolute Gasteiger partial charge is 0.226 e. The van der Waals surface area contributed by atoms with Gasteiger partial charge in [-0.1, -0.05) is 31.2 Å². The highest BCUT2D eigenvalue weighted by molar-refractivity contribution is 5.91. The Kier molecular flexibility index (Phi) is 5.80. The van der Waals surface area contributed by atoms with Crippen LogP contribution in [0.2, 0.25) is 0 Å². The van der Waals surface area contributed by atoms with Crippen LogP contribution in [0.5, 0.6) is 0 Å². The Morgan fingerprint density at radius 3 is 2.39 bits per heavy atom. The fourth-order valence-electron chi connectivity index (χ4n) is 2.85. The lowest BCUT2D eigenvalue weighted by atomic mass is 10.1. The van der Waals surface area contributed by atoms with E-state index in [9.17, 15) is 4.79 Å². The number of benzene rings is 2. The average molecular weight is 310 g/mol. The zero-order valence-corrected chi connectivity index (χ0v) is 14.5. The molecule has 0 radical (unpaired) electrons. The van der Waals surface area contributed by atoms with Gasteiger partial charge in [0.25, 0.3) is 0 Å². The minimum atomic E-state index is 0.0362. The molecule has 2 N–H and O–H groups in total. The summed E-state index contributed by atoms with van der Waals surface area (Å²) in [4.78, 5) is 12.1. The van der Waals surface area contributed by atoms with Gasteiger partial charge in [-0.05, 0) is 61.6 Å². The topological polar surface area (TPSA) is 41.1 Å². The summed E-state index contributed by atoms with van der Waals surface area (Å²) < 4.78 is 0. The summed E-state index contributed by atoms with van der Waals surface area (Å²) >= 11 is 0. The first kappa shape index (κ1) is 17.1. The molecule has 0 unspecified atom stereocenters. The van der Waals surface area contributed by atoms with Gasteiger partial charge in [0.05, 0.1) is 0 Å². The fourth-order valence-corrected chi connectivity index (χ4v) is 2.85. The Morgan fingerprint density at radius 1 is 1.04 bits per heavy atom. The summed E-state index contributed by atoms with van der Waals surface area (Å²) in [5.41, 5.74) is 6.86. The van der Waals surface area contributed by atoms with E-state index < -0.39 is 0 Å². The summed E-state index contributed by atoms with van der Waals surface area (Å²) in [7, 11) is 0. The number of hydrogen-bond acceptors (Lipinski definition) is 2. The molecule has 1 amide bonds. The molecule has 2 aromatic rings. The van der Waals surface area contributed by atoms with E-state index in [1.807, 2.05) is 26.0 Å². The highest BCUT2D eigenvalue weighted by atomic mass is 16.1. The van der Waals surface area contributed by atoms with Gasteiger partial charge in [0.2, 0.25) is 5.91 Å². The van der Waals surface area contributed by atoms with E-state index in [-0.39, 0.29) is 5.91 Å². The van der Waals surface area contributed by atoms with Gasteiger partial charge in [-0.3, -0.25) is 4.79 Å². The van der Waals surface area contributed by atoms with Gasteiger partial charge in [0, 0.05) is 24.3 Å². The van der Waals surface area contributed by atoms with Crippen molar-refractivity contribution in [2.75, 3.05) is 17.2 Å². The van der Waals surface area contributed by atoms with Gasteiger partial charge < -0.3 is 10.6 Å². The number of carbonyl (C=O) groups excluding carboxylic acids is 1. The fraction of sp³-hybridized carbons (Fsp3) is 0.350. The van der Waals surface area contributed by atoms with Crippen molar-refractivity contribution < 1.29 is 4.79 Å². The van der Waals surface area contributed by atoms with Crippen molar-refractivity contribution in [1.82, 2.24) is 0 Å². The predicted octanol–water partition coefficient (Wildman–Crippen LogP) is 4.61. The number of aryl methyl sites for hydroxylation is 4. The molecule has 23 heavy (non-hydrogen) atoms. The molecular weight excluding hydrogens is 284 g/mol. The molecule has 3 heteroatoms. The molecule has 0 aliphatic heterocycles. The second-order valence-corrected chi connectivity index (χ2v) is 6.06. The number of carbonyl (C=O) groups is 1. The van der Waals surface area contributed by atoms with E-state index in [4.69, 9.17) is 0 Å². The molecule has 0 bridgehead atoms. The summed E-state index contributed by atoms with van der Waals surface area (Å²) in [6.07, 6.45) is 1.43. The lowest BCUT2D eigenvalue weighted by molar-refractivity contribution is -0.115. The van der Waals surface area contributed by atoms with Gasteiger partial charge in [-0.25, -0.2) is 0 Å². The van der Waals surface area contributed by atoms with Crippen molar-refractivity contribution in [2.45, 2.75) is 40.5 Å². The Morgan fingerprint density at radius 2 is 1.74 bits per heavy atom. The molecule has 2 rings (SSSR count). The molecule has 0 fully saturated rings. The van der Waals surface area contributed by atoms with Crippen molar-refractivity contribution >= 4 is 17.3 Å². The van der Waals surface area contributed by atoms with E-state index in [0.29, 0.717) is 13.0 Å². The number of anilines is 2. The summed E-state index contributed by atoms with van der Waals surface area (Å²) in [6, 6.07) is 12.4. The first-order valence-electron chi connectivity index (χ1n) is 8.20. The number of para-hydroxylation sites is 1. The molecule has 0 aromatic heterocycles. The summed E-state index contributed by atoms with van der Waals surface area (Å²) in [5.74, 6) is 0.0362. The lowest BCUT2D eigenvalue weighted by Gasteiger charge is -2.14. The van der Waals surface area contributed by atoms with Crippen molar-refractivity contribution in [1.29, 1.82) is 0 Å². The molecule has 2 aromatic carbocycles. The van der Waals surface area contributed by atoms with Crippen LogP contribution in [0, 0.1) is 20.8 Å². The second-order valence-electron chi connectivity index (χ2n) is 6.06. The molecule has 0 aliphatic carbocycles. The maximum atomic E-state index is 12.1. The normalized spacial score (nSPS) is 10.4. The van der Waals surface area contributed by atoms with Crippen LogP contribution in [0.25, 0.3) is 0 Å². The van der Waals surface area contributed by atoms with Gasteiger partial charge in [-0.15, -0.1) is 0 Å². The number of hydrogen-bond donors (Lipinski definition) is 2. The zero-order chi connectivity index (χ0) is 16.8. The second kappa shape index (κ2) is 7.82. The molecule has 0 spiro atoms. The number of nitrogens with one attached hydrogen (secondary N) is 2. The Hall–Kier alpha value is -2.29. The lowest BCUT2D eigenvalue weighted by Crippen LogP contribution is -2.17. The van der Waals surface area contributed by atoms with Crippen molar-refractivity contribution in [3.63, 3.8) is 0 Å². The number of rotatable bonds is 6. The minimum absolute atomic E-state index is 0.0362. The highest BCUT2D eigenvalue weighted by Gasteiger charge is 2.06. The van der Waals surface area contributed by atoms with E-state index in [1.165, 1.54) is 11.1 Å². The van der Waals surface area contributed by atoms with Crippen molar-refractivity contribution in [3.8, 4) is 0 Å². The van der Waals surface area contributed by atoms with Gasteiger partial charge in [-0.2, -0.15) is 0 Å². The van der Waals surface area contributed by atoms with E-state index in [1.54, 1.807) is 0 Å². The third-order valence-electron chi connectivity index (χ3n) is 3.90. The molecule has 122 valence electrons. The first-order valence-corrected chi connectivity index (χ1v) is 8.20. The van der Waals surface area contributed by atoms with Crippen LogP contribution in [-0.2, 0) is 11.2 Å². The molecule has 0 aliphatic rings. The third-order valence-corrected chi connectivity index (χ3v) is 3.90. The molecular formula is C20H26N2O. The van der Waals surface area contributed by atoms with E-state index >= 15 is 0 Å². The van der Waals surface area contributed by atoms with Crippen LogP contribution in [-0.4, -0.2) is 12.5 Å². The van der Waals surface area contributed by atoms with Gasteiger partial charge in [0.15, 0.2) is 0 Å². The maximum Gasteiger partial charge on any atom is 0.226 e. The van der Waals surface area contributed by atoms with Crippen molar-refractivity contribution in [3.05, 3.63) is 58.7 Å². The van der Waals surface area contributed by atoms with E-state index in [2.05, 4.69) is 48.7 Å². The van der Waals surface area contributed by atoms with E-state index in [0.717, 1.165) is 28.9 Å². The quantitative estimate of drug-likeness (QED) is 0.817. The zero-order valence-electron chi connectivity index (χ0n) is 14.5. The Balaban J connectivity index is 1.90. The number of amides is 1. The van der Waals surface area contributed by atoms with Crippen LogP contribution in [0.3, 0.4) is 0 Å². The Bertz CT molecular complexity index is 672. The summed E-state index contributed by atoms with van der Waals surface area (Å²) in [5, 5.41) is 6.39. The standard InChI is InChI=1S/C20H26N2O/c1-5-17-8-6-7-16(4)20(17)21-10-9-19(23)22-18-12-14(2)11-15(3)13-18/h6-8,11-13,21H,5,9-10H2,1-4H3,(H,22,23). The summed E-state index contributed by atoms with van der Waals surface area (Å²) in [6.45, 7) is 8.95. The third kappa shape index (κ3) is 4.85. The van der Waals surface area contributed by atoms with Gasteiger partial charge in [0.1, 0.15) is 0 Å². The molecule has 0 atom stereocenters. The molecule has 0 saturated carbocycles. The largest absolute Gasteiger partial charge is 0.384 e. The van der Waals surface area contributed by atoms with Crippen LogP contribution < -0.4 is 10.6 Å². The van der Waals surface area contributed by atoms with Crippen LogP contribution in [0.15, 0.2) is 36.4 Å². The van der Waals surface area contributed by atoms with Crippen LogP contribution in [0.1, 0.15) is 35.6 Å². The highest BCUT2D eigenvalue weighted by Crippen LogP contribution is 2.21. The monoisotopic (exact) mass is 310 g/mol. The van der Waals surface area contributed by atoms with Crippen LogP contribution in [0.4, 0.5) is 11.4 Å². The average Bonchev–Trinajstić information content (AvgIpc) is 2.47. The minimum Gasteiger partial charge on any atom is -0.384 e. The Labute approximate surface area is 139 Å².